The van der Waals surface area contributed by atoms with Crippen LogP contribution in [0, 0.1) is 6.92 Å². The monoisotopic (exact) mass is 418 g/mol. The normalized spacial score (nSPS) is 15.7. The molecule has 0 fully saturated rings. The van der Waals surface area contributed by atoms with Crippen molar-refractivity contribution in [2.75, 3.05) is 13.1 Å². The molecule has 0 saturated carbocycles. The van der Waals surface area contributed by atoms with E-state index < -0.39 is 6.04 Å². The maximum atomic E-state index is 6.60. The van der Waals surface area contributed by atoms with E-state index in [2.05, 4.69) is 105 Å². The van der Waals surface area contributed by atoms with Crippen molar-refractivity contribution >= 4 is 34.3 Å². The van der Waals surface area contributed by atoms with Crippen LogP contribution in [0.3, 0.4) is 0 Å². The zero-order chi connectivity index (χ0) is 20.4. The second kappa shape index (κ2) is 8.26. The Hall–Kier alpha value is -2.22. The average Bonchev–Trinajstić information content (AvgIpc) is 3.14. The number of hydrogen-bond donors (Lipinski definition) is 0. The predicted molar refractivity (Wildman–Crippen MR) is 130 cm³/mol. The Morgan fingerprint density at radius 2 is 1.41 bits per heavy atom. The predicted octanol–water partition coefficient (Wildman–Crippen LogP) is 5.23. The van der Waals surface area contributed by atoms with Crippen LogP contribution in [0.2, 0.25) is 0 Å². The highest BCUT2D eigenvalue weighted by Gasteiger charge is 2.39. The molecule has 0 N–H and O–H groups in total. The molecule has 3 aromatic carbocycles. The van der Waals surface area contributed by atoms with Gasteiger partial charge in [0.05, 0.1) is 0 Å². The molecule has 1 unspecified atom stereocenters. The van der Waals surface area contributed by atoms with E-state index in [1.165, 1.54) is 27.3 Å². The van der Waals surface area contributed by atoms with Crippen LogP contribution in [-0.2, 0) is 11.8 Å². The van der Waals surface area contributed by atoms with E-state index in [1.54, 1.807) is 0 Å². The Labute approximate surface area is 179 Å². The summed E-state index contributed by atoms with van der Waals surface area (Å²) in [6, 6.07) is 25.8. The molecule has 0 saturated heterocycles. The number of rotatable bonds is 5. The van der Waals surface area contributed by atoms with Crippen molar-refractivity contribution < 1.29 is 0 Å². The van der Waals surface area contributed by atoms with Crippen LogP contribution in [0.25, 0.3) is 0 Å². The van der Waals surface area contributed by atoms with Gasteiger partial charge in [0.1, 0.15) is 11.6 Å². The Bertz CT molecular complexity index is 1030. The number of aryl methyl sites for hydroxylation is 1. The van der Waals surface area contributed by atoms with E-state index in [9.17, 15) is 0 Å². The quantitative estimate of drug-likeness (QED) is 0.528. The number of aliphatic imine (C=N–C) groups is 1. The lowest BCUT2D eigenvalue weighted by atomic mass is 10.1. The lowest BCUT2D eigenvalue weighted by Gasteiger charge is -2.28. The van der Waals surface area contributed by atoms with Gasteiger partial charge in [-0.2, -0.15) is 0 Å². The maximum absolute atomic E-state index is 6.60. The summed E-state index contributed by atoms with van der Waals surface area (Å²) >= 11 is 6.60. The highest BCUT2D eigenvalue weighted by atomic mass is 32.4. The molecule has 0 spiro atoms. The van der Waals surface area contributed by atoms with Crippen molar-refractivity contribution in [1.29, 1.82) is 0 Å². The van der Waals surface area contributed by atoms with E-state index >= 15 is 0 Å². The van der Waals surface area contributed by atoms with Crippen LogP contribution < -0.4 is 10.6 Å². The summed E-state index contributed by atoms with van der Waals surface area (Å²) < 4.78 is 0. The lowest BCUT2D eigenvalue weighted by Crippen LogP contribution is -2.30. The van der Waals surface area contributed by atoms with E-state index in [4.69, 9.17) is 16.8 Å². The number of benzene rings is 3. The third kappa shape index (κ3) is 3.47. The van der Waals surface area contributed by atoms with Crippen molar-refractivity contribution in [2.45, 2.75) is 26.6 Å². The van der Waals surface area contributed by atoms with Gasteiger partial charge >= 0.3 is 0 Å². The van der Waals surface area contributed by atoms with Crippen LogP contribution in [0.15, 0.2) is 83.9 Å². The molecule has 1 atom stereocenters. The number of fused-ring (bicyclic) bond motifs is 1. The first kappa shape index (κ1) is 20.1. The molecular formula is C25H27N2PS. The number of amidine groups is 1. The van der Waals surface area contributed by atoms with E-state index in [-0.39, 0.29) is 5.78 Å². The summed E-state index contributed by atoms with van der Waals surface area (Å²) in [5.74, 6) is 1.06. The van der Waals surface area contributed by atoms with Crippen LogP contribution in [0.5, 0.6) is 0 Å². The largest absolute Gasteiger partial charge is 0.357 e. The summed E-state index contributed by atoms with van der Waals surface area (Å²) in [6.45, 7) is 8.42. The minimum Gasteiger partial charge on any atom is -0.357 e. The van der Waals surface area contributed by atoms with E-state index in [0.717, 1.165) is 18.9 Å². The summed E-state index contributed by atoms with van der Waals surface area (Å²) in [4.78, 5) is 7.71. The molecule has 1 aliphatic heterocycles. The number of nitrogens with zero attached hydrogens (tertiary/aromatic N) is 2. The first-order valence-corrected chi connectivity index (χ1v) is 13.1. The molecule has 0 bridgehead atoms. The summed E-state index contributed by atoms with van der Waals surface area (Å²) in [5.41, 5.74) is 3.78. The fraction of sp³-hybridized carbons (Fsp3) is 0.240. The van der Waals surface area contributed by atoms with Gasteiger partial charge in [-0.3, -0.25) is 4.99 Å². The molecule has 29 heavy (non-hydrogen) atoms. The van der Waals surface area contributed by atoms with Gasteiger partial charge in [0, 0.05) is 24.7 Å². The molecule has 0 amide bonds. The van der Waals surface area contributed by atoms with Crippen molar-refractivity contribution in [3.63, 3.8) is 0 Å². The second-order valence-corrected chi connectivity index (χ2v) is 12.0. The Balaban J connectivity index is 1.98. The van der Waals surface area contributed by atoms with E-state index in [1.807, 2.05) is 0 Å². The topological polar surface area (TPSA) is 15.6 Å². The highest BCUT2D eigenvalue weighted by Crippen LogP contribution is 2.60. The standard InChI is InChI=1S/C25H27N2PS/c1-4-27(5-2)24-23-18-19(3)16-17-22(23)25(26-24)28(29,20-12-8-6-9-13-20)21-14-10-7-11-15-21/h6-18,25H,4-5H2,1-3H3. The zero-order valence-electron chi connectivity index (χ0n) is 17.2. The zero-order valence-corrected chi connectivity index (χ0v) is 19.0. The Morgan fingerprint density at radius 3 is 1.93 bits per heavy atom. The molecular weight excluding hydrogens is 391 g/mol. The average molecular weight is 419 g/mol. The van der Waals surface area contributed by atoms with Crippen LogP contribution >= 0.6 is 6.04 Å². The molecule has 1 heterocycles. The van der Waals surface area contributed by atoms with Crippen LogP contribution in [0.1, 0.15) is 36.3 Å². The van der Waals surface area contributed by atoms with Gasteiger partial charge in [0.2, 0.25) is 0 Å². The molecule has 4 rings (SSSR count). The van der Waals surface area contributed by atoms with Gasteiger partial charge in [-0.15, -0.1) is 0 Å². The molecule has 1 aliphatic rings. The minimum atomic E-state index is -2.20. The van der Waals surface area contributed by atoms with Crippen LogP contribution in [0.4, 0.5) is 0 Å². The Kier molecular flexibility index (Phi) is 5.72. The van der Waals surface area contributed by atoms with Gasteiger partial charge < -0.3 is 4.90 Å². The highest BCUT2D eigenvalue weighted by molar-refractivity contribution is 8.22. The van der Waals surface area contributed by atoms with Gasteiger partial charge in [-0.1, -0.05) is 90.2 Å². The van der Waals surface area contributed by atoms with Crippen molar-refractivity contribution in [3.8, 4) is 0 Å². The SMILES string of the molecule is CCN(CC)C1=NC(P(=S)(c2ccccc2)c2ccccc2)c2ccc(C)cc21. The second-order valence-electron chi connectivity index (χ2n) is 7.42. The van der Waals surface area contributed by atoms with Gasteiger partial charge in [0.15, 0.2) is 0 Å². The summed E-state index contributed by atoms with van der Waals surface area (Å²) in [7, 11) is 0. The van der Waals surface area contributed by atoms with Crippen molar-refractivity contribution in [2.24, 2.45) is 4.99 Å². The molecule has 0 aliphatic carbocycles. The van der Waals surface area contributed by atoms with Crippen LogP contribution in [-0.4, -0.2) is 23.8 Å². The molecule has 0 radical (unpaired) electrons. The first-order chi connectivity index (χ1) is 14.1. The molecule has 4 heteroatoms. The molecule has 0 aromatic heterocycles. The van der Waals surface area contributed by atoms with Gasteiger partial charge in [-0.25, -0.2) is 0 Å². The Morgan fingerprint density at radius 1 is 0.862 bits per heavy atom. The number of hydrogen-bond acceptors (Lipinski definition) is 3. The lowest BCUT2D eigenvalue weighted by molar-refractivity contribution is 0.466. The first-order valence-electron chi connectivity index (χ1n) is 10.2. The molecule has 3 aromatic rings. The molecule has 2 nitrogen and oxygen atoms in total. The summed E-state index contributed by atoms with van der Waals surface area (Å²) in [6.07, 6.45) is 0. The van der Waals surface area contributed by atoms with E-state index in [0.29, 0.717) is 0 Å². The minimum absolute atomic E-state index is 0.0338. The van der Waals surface area contributed by atoms with Gasteiger partial charge in [0.25, 0.3) is 0 Å². The molecule has 148 valence electrons. The third-order valence-electron chi connectivity index (χ3n) is 5.66. The fourth-order valence-corrected chi connectivity index (χ4v) is 8.32. The van der Waals surface area contributed by atoms with Crippen molar-refractivity contribution in [1.82, 2.24) is 4.90 Å². The fourth-order valence-electron chi connectivity index (χ4n) is 4.13. The van der Waals surface area contributed by atoms with Gasteiger partial charge in [-0.05, 0) is 43.0 Å². The smallest absolute Gasteiger partial charge is 0.132 e. The summed E-state index contributed by atoms with van der Waals surface area (Å²) in [5, 5.41) is 2.45. The third-order valence-corrected chi connectivity index (χ3v) is 10.7. The maximum Gasteiger partial charge on any atom is 0.132 e. The van der Waals surface area contributed by atoms with Crippen molar-refractivity contribution in [3.05, 3.63) is 95.6 Å².